The Morgan fingerprint density at radius 2 is 1.42 bits per heavy atom. The normalized spacial score (nSPS) is 9.53. The van der Waals surface area contributed by atoms with Crippen LogP contribution in [0.4, 0.5) is 0 Å². The Balaban J connectivity index is 0.000000191. The SMILES string of the molecule is COc1cc(C)ccc1Cl.Cc1ccc(Cl)c(O)c1. The largest absolute Gasteiger partial charge is 0.506 e. The van der Waals surface area contributed by atoms with Gasteiger partial charge in [-0.2, -0.15) is 0 Å². The van der Waals surface area contributed by atoms with Gasteiger partial charge in [-0.3, -0.25) is 0 Å². The molecular weight excluding hydrogens is 283 g/mol. The predicted octanol–water partition coefficient (Wildman–Crippen LogP) is 5.01. The summed E-state index contributed by atoms with van der Waals surface area (Å²) >= 11 is 11.3. The van der Waals surface area contributed by atoms with Crippen molar-refractivity contribution in [1.29, 1.82) is 0 Å². The first-order valence-electron chi connectivity index (χ1n) is 5.69. The fraction of sp³-hybridized carbons (Fsp3) is 0.200. The molecule has 19 heavy (non-hydrogen) atoms. The van der Waals surface area contributed by atoms with E-state index >= 15 is 0 Å². The van der Waals surface area contributed by atoms with Crippen molar-refractivity contribution >= 4 is 23.2 Å². The van der Waals surface area contributed by atoms with Crippen LogP contribution < -0.4 is 4.74 Å². The number of methoxy groups -OCH3 is 1. The number of phenols is 1. The van der Waals surface area contributed by atoms with Crippen molar-refractivity contribution in [3.63, 3.8) is 0 Å². The van der Waals surface area contributed by atoms with E-state index in [2.05, 4.69) is 0 Å². The standard InChI is InChI=1S/C8H9ClO.C7H7ClO/c1-6-3-4-7(9)8(5-6)10-2;1-5-2-3-6(8)7(9)4-5/h3-5H,1-2H3;2-4,9H,1H3. The molecule has 2 aromatic rings. The monoisotopic (exact) mass is 298 g/mol. The van der Waals surface area contributed by atoms with Gasteiger partial charge < -0.3 is 9.84 Å². The van der Waals surface area contributed by atoms with E-state index in [1.54, 1.807) is 19.2 Å². The van der Waals surface area contributed by atoms with Crippen LogP contribution in [0, 0.1) is 13.8 Å². The molecule has 0 atom stereocenters. The van der Waals surface area contributed by atoms with Gasteiger partial charge in [0.15, 0.2) is 0 Å². The third-order valence-electron chi connectivity index (χ3n) is 2.41. The van der Waals surface area contributed by atoms with Crippen LogP contribution >= 0.6 is 23.2 Å². The van der Waals surface area contributed by atoms with Crippen molar-refractivity contribution in [1.82, 2.24) is 0 Å². The van der Waals surface area contributed by atoms with Crippen molar-refractivity contribution in [3.05, 3.63) is 57.6 Å². The lowest BCUT2D eigenvalue weighted by molar-refractivity contribution is 0.414. The highest BCUT2D eigenvalue weighted by Crippen LogP contribution is 2.24. The van der Waals surface area contributed by atoms with E-state index in [-0.39, 0.29) is 5.75 Å². The molecule has 0 heterocycles. The summed E-state index contributed by atoms with van der Waals surface area (Å²) in [4.78, 5) is 0. The van der Waals surface area contributed by atoms with Crippen LogP contribution in [0.3, 0.4) is 0 Å². The maximum Gasteiger partial charge on any atom is 0.137 e. The number of rotatable bonds is 1. The Labute approximate surface area is 123 Å². The van der Waals surface area contributed by atoms with Gasteiger partial charge in [0.2, 0.25) is 0 Å². The summed E-state index contributed by atoms with van der Waals surface area (Å²) in [5, 5.41) is 10.0. The number of phenolic OH excluding ortho intramolecular Hbond substituents is 1. The van der Waals surface area contributed by atoms with Crippen molar-refractivity contribution in [2.45, 2.75) is 13.8 Å². The molecule has 0 amide bonds. The van der Waals surface area contributed by atoms with Crippen molar-refractivity contribution in [2.75, 3.05) is 7.11 Å². The minimum absolute atomic E-state index is 0.150. The first-order chi connectivity index (χ1) is 8.93. The number of hydrogen-bond acceptors (Lipinski definition) is 2. The van der Waals surface area contributed by atoms with Crippen LogP contribution in [0.25, 0.3) is 0 Å². The Kier molecular flexibility index (Phi) is 6.00. The van der Waals surface area contributed by atoms with Crippen LogP contribution in [-0.4, -0.2) is 12.2 Å². The molecule has 0 fully saturated rings. The highest BCUT2D eigenvalue weighted by atomic mass is 35.5. The molecule has 0 bridgehead atoms. The van der Waals surface area contributed by atoms with E-state index in [0.717, 1.165) is 16.9 Å². The molecule has 0 aliphatic rings. The second-order valence-electron chi connectivity index (χ2n) is 4.09. The number of hydrogen-bond donors (Lipinski definition) is 1. The van der Waals surface area contributed by atoms with E-state index < -0.39 is 0 Å². The van der Waals surface area contributed by atoms with E-state index in [9.17, 15) is 0 Å². The highest BCUT2D eigenvalue weighted by molar-refractivity contribution is 6.32. The van der Waals surface area contributed by atoms with Crippen LogP contribution in [0.15, 0.2) is 36.4 Å². The first-order valence-corrected chi connectivity index (χ1v) is 6.45. The van der Waals surface area contributed by atoms with Gasteiger partial charge in [-0.1, -0.05) is 35.3 Å². The number of benzene rings is 2. The molecule has 2 rings (SSSR count). The summed E-state index contributed by atoms with van der Waals surface area (Å²) < 4.78 is 4.99. The second kappa shape index (κ2) is 7.27. The first kappa shape index (κ1) is 15.7. The third-order valence-corrected chi connectivity index (χ3v) is 3.04. The molecule has 0 aliphatic carbocycles. The van der Waals surface area contributed by atoms with Crippen molar-refractivity contribution in [2.24, 2.45) is 0 Å². The van der Waals surface area contributed by atoms with Crippen LogP contribution in [0.2, 0.25) is 10.0 Å². The average molecular weight is 299 g/mol. The van der Waals surface area contributed by atoms with Gasteiger partial charge in [-0.25, -0.2) is 0 Å². The Bertz CT molecular complexity index is 554. The van der Waals surface area contributed by atoms with Gasteiger partial charge in [-0.15, -0.1) is 0 Å². The molecule has 2 aromatic carbocycles. The topological polar surface area (TPSA) is 29.5 Å². The van der Waals surface area contributed by atoms with Crippen LogP contribution in [0.5, 0.6) is 11.5 Å². The van der Waals surface area contributed by atoms with E-state index in [1.807, 2.05) is 38.1 Å². The van der Waals surface area contributed by atoms with Gasteiger partial charge in [0, 0.05) is 0 Å². The molecule has 0 aromatic heterocycles. The zero-order valence-electron chi connectivity index (χ0n) is 11.1. The maximum atomic E-state index is 8.97. The predicted molar refractivity (Wildman–Crippen MR) is 80.6 cm³/mol. The fourth-order valence-electron chi connectivity index (χ4n) is 1.39. The molecule has 4 heteroatoms. The number of halogens is 2. The minimum Gasteiger partial charge on any atom is -0.506 e. The lowest BCUT2D eigenvalue weighted by Gasteiger charge is -2.01. The molecule has 0 radical (unpaired) electrons. The van der Waals surface area contributed by atoms with Gasteiger partial charge in [0.05, 0.1) is 17.2 Å². The molecule has 102 valence electrons. The van der Waals surface area contributed by atoms with Gasteiger partial charge in [-0.05, 0) is 49.2 Å². The zero-order chi connectivity index (χ0) is 14.4. The molecule has 0 saturated heterocycles. The molecule has 0 aliphatic heterocycles. The molecule has 1 N–H and O–H groups in total. The quantitative estimate of drug-likeness (QED) is 0.802. The lowest BCUT2D eigenvalue weighted by atomic mass is 10.2. The van der Waals surface area contributed by atoms with Crippen LogP contribution in [-0.2, 0) is 0 Å². The second-order valence-corrected chi connectivity index (χ2v) is 4.91. The average Bonchev–Trinajstić information content (AvgIpc) is 2.38. The maximum absolute atomic E-state index is 8.97. The van der Waals surface area contributed by atoms with Gasteiger partial charge >= 0.3 is 0 Å². The summed E-state index contributed by atoms with van der Waals surface area (Å²) in [5.74, 6) is 0.887. The van der Waals surface area contributed by atoms with Gasteiger partial charge in [0.1, 0.15) is 11.5 Å². The lowest BCUT2D eigenvalue weighted by Crippen LogP contribution is -1.83. The van der Waals surface area contributed by atoms with E-state index in [4.69, 9.17) is 33.0 Å². The third kappa shape index (κ3) is 5.01. The summed E-state index contributed by atoms with van der Waals surface area (Å²) in [6.07, 6.45) is 0. The zero-order valence-corrected chi connectivity index (χ0v) is 12.6. The number of aromatic hydroxyl groups is 1. The van der Waals surface area contributed by atoms with Crippen molar-refractivity contribution in [3.8, 4) is 11.5 Å². The fourth-order valence-corrected chi connectivity index (χ4v) is 1.70. The van der Waals surface area contributed by atoms with Crippen molar-refractivity contribution < 1.29 is 9.84 Å². The molecule has 2 nitrogen and oxygen atoms in total. The summed E-state index contributed by atoms with van der Waals surface area (Å²) in [6, 6.07) is 10.8. The highest BCUT2D eigenvalue weighted by Gasteiger charge is 1.97. The van der Waals surface area contributed by atoms with E-state index in [1.165, 1.54) is 0 Å². The molecule has 0 spiro atoms. The number of aryl methyl sites for hydroxylation is 2. The minimum atomic E-state index is 0.150. The van der Waals surface area contributed by atoms with E-state index in [0.29, 0.717) is 10.0 Å². The summed E-state index contributed by atoms with van der Waals surface area (Å²) in [7, 11) is 1.61. The number of ether oxygens (including phenoxy) is 1. The Morgan fingerprint density at radius 3 is 1.84 bits per heavy atom. The molecule has 0 unspecified atom stereocenters. The van der Waals surface area contributed by atoms with Crippen LogP contribution in [0.1, 0.15) is 11.1 Å². The Hall–Kier alpha value is -1.38. The smallest absolute Gasteiger partial charge is 0.137 e. The molecule has 0 saturated carbocycles. The summed E-state index contributed by atoms with van der Waals surface area (Å²) in [5.41, 5.74) is 2.16. The Morgan fingerprint density at radius 1 is 0.895 bits per heavy atom. The summed E-state index contributed by atoms with van der Waals surface area (Å²) in [6.45, 7) is 3.90. The van der Waals surface area contributed by atoms with Gasteiger partial charge in [0.25, 0.3) is 0 Å². The molecular formula is C15H16Cl2O2.